The number of nitrogens with one attached hydrogen (secondary N) is 2. The number of carbonyl (C=O) groups is 2. The van der Waals surface area contributed by atoms with Gasteiger partial charge in [-0.3, -0.25) is 4.79 Å². The summed E-state index contributed by atoms with van der Waals surface area (Å²) in [7, 11) is 0. The predicted octanol–water partition coefficient (Wildman–Crippen LogP) is 1.42. The highest BCUT2D eigenvalue weighted by Crippen LogP contribution is 2.09. The molecule has 0 radical (unpaired) electrons. The Morgan fingerprint density at radius 2 is 1.70 bits per heavy atom. The minimum Gasteiger partial charge on any atom is -0.444 e. The molecule has 118 valence electrons. The second-order valence-corrected chi connectivity index (χ2v) is 6.42. The van der Waals surface area contributed by atoms with E-state index < -0.39 is 17.7 Å². The van der Waals surface area contributed by atoms with Crippen LogP contribution in [0.5, 0.6) is 0 Å². The third kappa shape index (κ3) is 8.74. The molecule has 2 amide bonds. The Hall–Kier alpha value is -1.30. The zero-order chi connectivity index (χ0) is 15.9. The first-order valence-electron chi connectivity index (χ1n) is 6.96. The van der Waals surface area contributed by atoms with Crippen molar-refractivity contribution in [2.45, 2.75) is 65.6 Å². The molecule has 2 atom stereocenters. The fraction of sp³-hybridized carbons (Fsp3) is 0.857. The van der Waals surface area contributed by atoms with E-state index in [1.165, 1.54) is 0 Å². The molecule has 0 rings (SSSR count). The highest BCUT2D eigenvalue weighted by molar-refractivity contribution is 5.85. The van der Waals surface area contributed by atoms with Crippen molar-refractivity contribution in [3.63, 3.8) is 0 Å². The molecule has 0 bridgehead atoms. The van der Waals surface area contributed by atoms with Crippen molar-refractivity contribution in [3.05, 3.63) is 0 Å². The first-order chi connectivity index (χ1) is 9.05. The van der Waals surface area contributed by atoms with Crippen LogP contribution in [0.2, 0.25) is 0 Å². The van der Waals surface area contributed by atoms with Gasteiger partial charge in [-0.2, -0.15) is 0 Å². The summed E-state index contributed by atoms with van der Waals surface area (Å²) in [6, 6.07) is -1.02. The molecular formula is C14H28N2O4. The van der Waals surface area contributed by atoms with E-state index in [1.54, 1.807) is 27.7 Å². The Balaban J connectivity index is 4.63. The molecule has 0 saturated carbocycles. The predicted molar refractivity (Wildman–Crippen MR) is 77.3 cm³/mol. The van der Waals surface area contributed by atoms with Crippen molar-refractivity contribution in [2.24, 2.45) is 5.92 Å². The van der Waals surface area contributed by atoms with Crippen LogP contribution in [0.1, 0.15) is 48.0 Å². The van der Waals surface area contributed by atoms with E-state index in [-0.39, 0.29) is 24.5 Å². The molecule has 6 heteroatoms. The van der Waals surface area contributed by atoms with Gasteiger partial charge < -0.3 is 20.5 Å². The van der Waals surface area contributed by atoms with Crippen LogP contribution in [0, 0.1) is 5.92 Å². The lowest BCUT2D eigenvalue weighted by Crippen LogP contribution is -2.51. The van der Waals surface area contributed by atoms with Crippen LogP contribution in [0.25, 0.3) is 0 Å². The van der Waals surface area contributed by atoms with E-state index in [2.05, 4.69) is 10.6 Å². The van der Waals surface area contributed by atoms with Crippen LogP contribution in [0.15, 0.2) is 0 Å². The summed E-state index contributed by atoms with van der Waals surface area (Å²) in [6.07, 6.45) is -0.113. The van der Waals surface area contributed by atoms with E-state index in [0.29, 0.717) is 6.42 Å². The van der Waals surface area contributed by atoms with Gasteiger partial charge in [0.05, 0.1) is 6.61 Å². The lowest BCUT2D eigenvalue weighted by Gasteiger charge is -2.25. The van der Waals surface area contributed by atoms with Crippen LogP contribution in [0.3, 0.4) is 0 Å². The fourth-order valence-electron chi connectivity index (χ4n) is 1.54. The Bertz CT molecular complexity index is 324. The van der Waals surface area contributed by atoms with E-state index in [0.717, 1.165) is 0 Å². The molecule has 0 aliphatic carbocycles. The second kappa shape index (κ2) is 8.09. The monoisotopic (exact) mass is 288 g/mol. The van der Waals surface area contributed by atoms with Gasteiger partial charge >= 0.3 is 6.09 Å². The van der Waals surface area contributed by atoms with Crippen molar-refractivity contribution in [2.75, 3.05) is 6.61 Å². The summed E-state index contributed by atoms with van der Waals surface area (Å²) in [5, 5.41) is 14.2. The van der Waals surface area contributed by atoms with E-state index in [1.807, 2.05) is 13.8 Å². The molecule has 0 aromatic carbocycles. The smallest absolute Gasteiger partial charge is 0.408 e. The molecule has 0 aliphatic rings. The second-order valence-electron chi connectivity index (χ2n) is 6.42. The van der Waals surface area contributed by atoms with Crippen LogP contribution in [0.4, 0.5) is 4.79 Å². The minimum absolute atomic E-state index is 0.146. The van der Waals surface area contributed by atoms with Crippen LogP contribution < -0.4 is 10.6 Å². The average Bonchev–Trinajstić information content (AvgIpc) is 2.24. The summed E-state index contributed by atoms with van der Waals surface area (Å²) in [5.41, 5.74) is -0.610. The molecule has 0 aliphatic heterocycles. The molecule has 0 spiro atoms. The molecule has 0 heterocycles. The number of hydrogen-bond acceptors (Lipinski definition) is 4. The lowest BCUT2D eigenvalue weighted by molar-refractivity contribution is -0.124. The summed E-state index contributed by atoms with van der Waals surface area (Å²) >= 11 is 0. The van der Waals surface area contributed by atoms with Gasteiger partial charge in [0.15, 0.2) is 0 Å². The lowest BCUT2D eigenvalue weighted by atomic mass is 10.0. The zero-order valence-corrected chi connectivity index (χ0v) is 13.3. The molecular weight excluding hydrogens is 260 g/mol. The normalized spacial score (nSPS) is 14.6. The first-order valence-corrected chi connectivity index (χ1v) is 6.96. The SMILES string of the molecule is CC(C)C[C@H](NC(=O)OC(C)(C)C)C(=O)NC(C)CO. The third-order valence-corrected chi connectivity index (χ3v) is 2.38. The average molecular weight is 288 g/mol. The summed E-state index contributed by atoms with van der Waals surface area (Å²) < 4.78 is 5.15. The molecule has 6 nitrogen and oxygen atoms in total. The Morgan fingerprint density at radius 3 is 2.10 bits per heavy atom. The van der Waals surface area contributed by atoms with Gasteiger partial charge in [0.25, 0.3) is 0 Å². The van der Waals surface area contributed by atoms with E-state index >= 15 is 0 Å². The minimum atomic E-state index is -0.668. The molecule has 0 fully saturated rings. The van der Waals surface area contributed by atoms with Crippen molar-refractivity contribution in [1.82, 2.24) is 10.6 Å². The quantitative estimate of drug-likeness (QED) is 0.690. The van der Waals surface area contributed by atoms with Gasteiger partial charge in [0.1, 0.15) is 11.6 Å². The van der Waals surface area contributed by atoms with Crippen molar-refractivity contribution in [3.8, 4) is 0 Å². The number of ether oxygens (including phenoxy) is 1. The molecule has 20 heavy (non-hydrogen) atoms. The topological polar surface area (TPSA) is 87.7 Å². The summed E-state index contributed by atoms with van der Waals surface area (Å²) in [6.45, 7) is 10.8. The molecule has 0 aromatic rings. The van der Waals surface area contributed by atoms with Crippen molar-refractivity contribution >= 4 is 12.0 Å². The number of amides is 2. The maximum absolute atomic E-state index is 12.1. The number of aliphatic hydroxyl groups is 1. The summed E-state index contributed by atoms with van der Waals surface area (Å²) in [5.74, 6) is -0.0729. The largest absolute Gasteiger partial charge is 0.444 e. The van der Waals surface area contributed by atoms with E-state index in [9.17, 15) is 9.59 Å². The molecule has 3 N–H and O–H groups in total. The van der Waals surface area contributed by atoms with Gasteiger partial charge in [-0.05, 0) is 40.0 Å². The van der Waals surface area contributed by atoms with Gasteiger partial charge in [-0.1, -0.05) is 13.8 Å². The molecule has 1 unspecified atom stereocenters. The maximum atomic E-state index is 12.1. The zero-order valence-electron chi connectivity index (χ0n) is 13.3. The van der Waals surface area contributed by atoms with Crippen LogP contribution >= 0.6 is 0 Å². The Morgan fingerprint density at radius 1 is 1.15 bits per heavy atom. The first kappa shape index (κ1) is 18.7. The highest BCUT2D eigenvalue weighted by atomic mass is 16.6. The number of alkyl carbamates (subject to hydrolysis) is 1. The number of aliphatic hydroxyl groups excluding tert-OH is 1. The van der Waals surface area contributed by atoms with Gasteiger partial charge in [-0.15, -0.1) is 0 Å². The van der Waals surface area contributed by atoms with Crippen molar-refractivity contribution in [1.29, 1.82) is 0 Å². The van der Waals surface area contributed by atoms with Gasteiger partial charge in [-0.25, -0.2) is 4.79 Å². The van der Waals surface area contributed by atoms with E-state index in [4.69, 9.17) is 9.84 Å². The van der Waals surface area contributed by atoms with Crippen LogP contribution in [-0.2, 0) is 9.53 Å². The summed E-state index contributed by atoms with van der Waals surface area (Å²) in [4.78, 5) is 23.8. The van der Waals surface area contributed by atoms with Gasteiger partial charge in [0.2, 0.25) is 5.91 Å². The van der Waals surface area contributed by atoms with Crippen LogP contribution in [-0.4, -0.2) is 41.4 Å². The molecule has 0 aromatic heterocycles. The Labute approximate surface area is 121 Å². The van der Waals surface area contributed by atoms with Crippen molar-refractivity contribution < 1.29 is 19.4 Å². The number of carbonyl (C=O) groups excluding carboxylic acids is 2. The fourth-order valence-corrected chi connectivity index (χ4v) is 1.54. The van der Waals surface area contributed by atoms with Gasteiger partial charge in [0, 0.05) is 6.04 Å². The third-order valence-electron chi connectivity index (χ3n) is 2.38. The molecule has 0 saturated heterocycles. The Kier molecular flexibility index (Phi) is 7.57. The standard InChI is InChI=1S/C14H28N2O4/c1-9(2)7-11(12(18)15-10(3)8-17)16-13(19)20-14(4,5)6/h9-11,17H,7-8H2,1-6H3,(H,15,18)(H,16,19)/t10?,11-/m0/s1. The number of hydrogen-bond donors (Lipinski definition) is 3. The number of rotatable bonds is 6. The highest BCUT2D eigenvalue weighted by Gasteiger charge is 2.25. The maximum Gasteiger partial charge on any atom is 0.408 e.